The molecule has 0 saturated heterocycles. The summed E-state index contributed by atoms with van der Waals surface area (Å²) in [4.78, 5) is 24.5. The Kier molecular flexibility index (Phi) is 4.08. The number of hydrogen-bond donors (Lipinski definition) is 2. The number of halogens is 2. The van der Waals surface area contributed by atoms with E-state index in [2.05, 4.69) is 20.3 Å². The van der Waals surface area contributed by atoms with Gasteiger partial charge in [-0.3, -0.25) is 0 Å². The average molecular weight is 383 g/mol. The molecule has 0 aliphatic rings. The standard InChI is InChI=1S/C19H12ClFN4O2/c1-9-22-8-13-12-4-2-10(19(26)27)6-16(12)25-18(17(13)23-9)24-11-3-5-15(21)14(20)7-11/h2-8H,1H3,(H,24,25)(H,26,27). The van der Waals surface area contributed by atoms with E-state index in [1.54, 1.807) is 19.2 Å². The van der Waals surface area contributed by atoms with E-state index in [9.17, 15) is 14.3 Å². The number of rotatable bonds is 3. The van der Waals surface area contributed by atoms with E-state index in [1.807, 2.05) is 0 Å². The number of carbonyl (C=O) groups is 1. The number of pyridine rings is 1. The summed E-state index contributed by atoms with van der Waals surface area (Å²) in [6, 6.07) is 8.90. The van der Waals surface area contributed by atoms with Crippen LogP contribution in [0.3, 0.4) is 0 Å². The topological polar surface area (TPSA) is 88.0 Å². The van der Waals surface area contributed by atoms with Gasteiger partial charge in [0.05, 0.1) is 16.1 Å². The highest BCUT2D eigenvalue weighted by atomic mass is 35.5. The first-order valence-corrected chi connectivity index (χ1v) is 8.32. The molecule has 0 unspecified atom stereocenters. The molecule has 2 heterocycles. The minimum Gasteiger partial charge on any atom is -0.478 e. The first kappa shape index (κ1) is 17.1. The number of nitrogens with zero attached hydrogens (tertiary/aromatic N) is 3. The third-order valence-corrected chi connectivity index (χ3v) is 4.37. The molecule has 4 aromatic rings. The lowest BCUT2D eigenvalue weighted by Crippen LogP contribution is -2.01. The van der Waals surface area contributed by atoms with Crippen LogP contribution in [0, 0.1) is 12.7 Å². The summed E-state index contributed by atoms with van der Waals surface area (Å²) >= 11 is 5.85. The van der Waals surface area contributed by atoms with Crippen molar-refractivity contribution in [2.45, 2.75) is 6.92 Å². The highest BCUT2D eigenvalue weighted by molar-refractivity contribution is 6.31. The van der Waals surface area contributed by atoms with Crippen molar-refractivity contribution in [1.82, 2.24) is 15.0 Å². The fourth-order valence-corrected chi connectivity index (χ4v) is 2.98. The quantitative estimate of drug-likeness (QED) is 0.498. The summed E-state index contributed by atoms with van der Waals surface area (Å²) in [5.74, 6) is -0.610. The number of nitrogens with one attached hydrogen (secondary N) is 1. The average Bonchev–Trinajstić information content (AvgIpc) is 2.64. The summed E-state index contributed by atoms with van der Waals surface area (Å²) < 4.78 is 13.4. The highest BCUT2D eigenvalue weighted by Gasteiger charge is 2.14. The zero-order chi connectivity index (χ0) is 19.1. The monoisotopic (exact) mass is 382 g/mol. The second-order valence-electron chi connectivity index (χ2n) is 5.93. The van der Waals surface area contributed by atoms with Gasteiger partial charge in [0.2, 0.25) is 0 Å². The van der Waals surface area contributed by atoms with Crippen molar-refractivity contribution in [2.24, 2.45) is 0 Å². The number of carboxylic acid groups (broad SMARTS) is 1. The highest BCUT2D eigenvalue weighted by Crippen LogP contribution is 2.31. The van der Waals surface area contributed by atoms with E-state index in [-0.39, 0.29) is 10.6 Å². The van der Waals surface area contributed by atoms with Gasteiger partial charge >= 0.3 is 5.97 Å². The van der Waals surface area contributed by atoms with Crippen molar-refractivity contribution in [1.29, 1.82) is 0 Å². The number of anilines is 2. The SMILES string of the molecule is Cc1ncc2c(n1)c(Nc1ccc(F)c(Cl)c1)nc1cc(C(=O)O)ccc12. The van der Waals surface area contributed by atoms with E-state index in [4.69, 9.17) is 11.6 Å². The molecule has 0 radical (unpaired) electrons. The van der Waals surface area contributed by atoms with Gasteiger partial charge in [-0.25, -0.2) is 24.1 Å². The van der Waals surface area contributed by atoms with Gasteiger partial charge in [-0.1, -0.05) is 17.7 Å². The molecular formula is C19H12ClFN4O2. The Labute approximate surface area is 157 Å². The van der Waals surface area contributed by atoms with Crippen molar-refractivity contribution in [3.05, 3.63) is 64.8 Å². The smallest absolute Gasteiger partial charge is 0.335 e. The third-order valence-electron chi connectivity index (χ3n) is 4.08. The van der Waals surface area contributed by atoms with E-state index in [0.29, 0.717) is 28.4 Å². The van der Waals surface area contributed by atoms with Crippen LogP contribution < -0.4 is 5.32 Å². The lowest BCUT2D eigenvalue weighted by Gasteiger charge is -2.12. The molecule has 134 valence electrons. The molecule has 0 saturated carbocycles. The molecule has 0 bridgehead atoms. The zero-order valence-corrected chi connectivity index (χ0v) is 14.8. The normalized spacial score (nSPS) is 11.1. The summed E-state index contributed by atoms with van der Waals surface area (Å²) in [7, 11) is 0. The fraction of sp³-hybridized carbons (Fsp3) is 0.0526. The molecule has 4 rings (SSSR count). The van der Waals surface area contributed by atoms with Crippen LogP contribution in [-0.2, 0) is 0 Å². The van der Waals surface area contributed by atoms with Crippen LogP contribution in [0.1, 0.15) is 16.2 Å². The Hall–Kier alpha value is -3.32. The number of aromatic nitrogens is 3. The van der Waals surface area contributed by atoms with Crippen LogP contribution >= 0.6 is 11.6 Å². The first-order chi connectivity index (χ1) is 12.9. The molecule has 0 amide bonds. The van der Waals surface area contributed by atoms with E-state index in [0.717, 1.165) is 10.8 Å². The second-order valence-corrected chi connectivity index (χ2v) is 6.34. The summed E-state index contributed by atoms with van der Waals surface area (Å²) in [6.07, 6.45) is 1.67. The molecule has 0 atom stereocenters. The Bertz CT molecular complexity index is 1230. The van der Waals surface area contributed by atoms with Crippen molar-refractivity contribution in [2.75, 3.05) is 5.32 Å². The Morgan fingerprint density at radius 2 is 1.96 bits per heavy atom. The molecule has 8 heteroatoms. The predicted octanol–water partition coefficient (Wildman–Crippen LogP) is 4.72. The summed E-state index contributed by atoms with van der Waals surface area (Å²) in [6.45, 7) is 1.76. The maximum atomic E-state index is 13.4. The van der Waals surface area contributed by atoms with Crippen molar-refractivity contribution in [3.8, 4) is 0 Å². The molecule has 0 fully saturated rings. The number of aryl methyl sites for hydroxylation is 1. The van der Waals surface area contributed by atoms with E-state index in [1.165, 1.54) is 30.3 Å². The van der Waals surface area contributed by atoms with Gasteiger partial charge in [0.1, 0.15) is 17.2 Å². The molecule has 2 N–H and O–H groups in total. The van der Waals surface area contributed by atoms with Crippen LogP contribution in [0.15, 0.2) is 42.6 Å². The van der Waals surface area contributed by atoms with Crippen LogP contribution in [0.4, 0.5) is 15.9 Å². The maximum Gasteiger partial charge on any atom is 0.335 e. The first-order valence-electron chi connectivity index (χ1n) is 7.95. The van der Waals surface area contributed by atoms with Gasteiger partial charge in [-0.05, 0) is 37.3 Å². The molecule has 0 aliphatic heterocycles. The molecular weight excluding hydrogens is 371 g/mol. The van der Waals surface area contributed by atoms with Gasteiger partial charge in [0.25, 0.3) is 0 Å². The van der Waals surface area contributed by atoms with Crippen molar-refractivity contribution >= 4 is 50.9 Å². The number of fused-ring (bicyclic) bond motifs is 3. The van der Waals surface area contributed by atoms with Gasteiger partial charge in [-0.2, -0.15) is 0 Å². The van der Waals surface area contributed by atoms with Gasteiger partial charge in [-0.15, -0.1) is 0 Å². The number of benzene rings is 2. The summed E-state index contributed by atoms with van der Waals surface area (Å²) in [5, 5.41) is 13.8. The van der Waals surface area contributed by atoms with Crippen LogP contribution in [0.25, 0.3) is 21.8 Å². The number of hydrogen-bond acceptors (Lipinski definition) is 5. The van der Waals surface area contributed by atoms with Gasteiger partial charge in [0, 0.05) is 22.7 Å². The molecule has 0 aliphatic carbocycles. The minimum absolute atomic E-state index is 0.0240. The van der Waals surface area contributed by atoms with Gasteiger partial charge < -0.3 is 10.4 Å². The Morgan fingerprint density at radius 3 is 2.70 bits per heavy atom. The maximum absolute atomic E-state index is 13.4. The fourth-order valence-electron chi connectivity index (χ4n) is 2.80. The predicted molar refractivity (Wildman–Crippen MR) is 101 cm³/mol. The third kappa shape index (κ3) is 3.13. The van der Waals surface area contributed by atoms with Crippen molar-refractivity contribution < 1.29 is 14.3 Å². The molecule has 6 nitrogen and oxygen atoms in total. The van der Waals surface area contributed by atoms with Crippen LogP contribution in [-0.4, -0.2) is 26.0 Å². The molecule has 0 spiro atoms. The molecule has 2 aromatic heterocycles. The molecule has 27 heavy (non-hydrogen) atoms. The second kappa shape index (κ2) is 6.44. The largest absolute Gasteiger partial charge is 0.478 e. The van der Waals surface area contributed by atoms with Gasteiger partial charge in [0.15, 0.2) is 5.82 Å². The minimum atomic E-state index is -1.04. The lowest BCUT2D eigenvalue weighted by molar-refractivity contribution is 0.0697. The number of carboxylic acids is 1. The Morgan fingerprint density at radius 1 is 1.15 bits per heavy atom. The summed E-state index contributed by atoms with van der Waals surface area (Å²) in [5.41, 5.74) is 1.70. The van der Waals surface area contributed by atoms with Crippen LogP contribution in [0.2, 0.25) is 5.02 Å². The van der Waals surface area contributed by atoms with E-state index < -0.39 is 11.8 Å². The molecule has 2 aromatic carbocycles. The van der Waals surface area contributed by atoms with Crippen LogP contribution in [0.5, 0.6) is 0 Å². The van der Waals surface area contributed by atoms with Crippen molar-refractivity contribution in [3.63, 3.8) is 0 Å². The lowest BCUT2D eigenvalue weighted by atomic mass is 10.1. The zero-order valence-electron chi connectivity index (χ0n) is 14.0. The number of aromatic carboxylic acids is 1. The van der Waals surface area contributed by atoms with E-state index >= 15 is 0 Å². The Balaban J connectivity index is 1.96.